The second-order valence-corrected chi connectivity index (χ2v) is 4.91. The standard InChI is InChI=1S/C15H21NO3/c1-2-14-13(6-7-19-14)15(18)16-9-11-4-3-5-12(8-11)10-17/h3-5,8,13-14,17H,2,6-7,9-10H2,1H3,(H,16,18). The van der Waals surface area contributed by atoms with Gasteiger partial charge < -0.3 is 15.2 Å². The summed E-state index contributed by atoms with van der Waals surface area (Å²) in [4.78, 5) is 12.1. The third-order valence-corrected chi connectivity index (χ3v) is 3.59. The van der Waals surface area contributed by atoms with Crippen molar-refractivity contribution in [2.45, 2.75) is 39.0 Å². The van der Waals surface area contributed by atoms with Crippen LogP contribution in [0.25, 0.3) is 0 Å². The number of rotatable bonds is 5. The van der Waals surface area contributed by atoms with Gasteiger partial charge in [0.1, 0.15) is 0 Å². The summed E-state index contributed by atoms with van der Waals surface area (Å²) >= 11 is 0. The molecule has 0 radical (unpaired) electrons. The van der Waals surface area contributed by atoms with Gasteiger partial charge in [-0.15, -0.1) is 0 Å². The summed E-state index contributed by atoms with van der Waals surface area (Å²) in [6.07, 6.45) is 1.74. The predicted molar refractivity (Wildman–Crippen MR) is 72.3 cm³/mol. The number of nitrogens with one attached hydrogen (secondary N) is 1. The van der Waals surface area contributed by atoms with Gasteiger partial charge in [0.15, 0.2) is 0 Å². The Bertz CT molecular complexity index is 433. The number of carbonyl (C=O) groups is 1. The smallest absolute Gasteiger partial charge is 0.226 e. The van der Waals surface area contributed by atoms with E-state index < -0.39 is 0 Å². The van der Waals surface area contributed by atoms with Gasteiger partial charge >= 0.3 is 0 Å². The van der Waals surface area contributed by atoms with E-state index in [0.29, 0.717) is 13.2 Å². The number of hydrogen-bond donors (Lipinski definition) is 2. The first-order valence-electron chi connectivity index (χ1n) is 6.82. The van der Waals surface area contributed by atoms with E-state index >= 15 is 0 Å². The molecule has 1 aliphatic rings. The van der Waals surface area contributed by atoms with Crippen LogP contribution in [0.3, 0.4) is 0 Å². The Hall–Kier alpha value is -1.39. The summed E-state index contributed by atoms with van der Waals surface area (Å²) in [6.45, 7) is 3.24. The van der Waals surface area contributed by atoms with Crippen LogP contribution in [0, 0.1) is 5.92 Å². The molecular formula is C15H21NO3. The summed E-state index contributed by atoms with van der Waals surface area (Å²) in [5.41, 5.74) is 1.87. The van der Waals surface area contributed by atoms with Crippen molar-refractivity contribution in [1.82, 2.24) is 5.32 Å². The number of aliphatic hydroxyl groups is 1. The minimum atomic E-state index is -0.0222. The van der Waals surface area contributed by atoms with Crippen molar-refractivity contribution in [3.05, 3.63) is 35.4 Å². The fraction of sp³-hybridized carbons (Fsp3) is 0.533. The zero-order valence-electron chi connectivity index (χ0n) is 11.3. The molecule has 1 aliphatic heterocycles. The Morgan fingerprint density at radius 2 is 2.26 bits per heavy atom. The summed E-state index contributed by atoms with van der Waals surface area (Å²) in [5.74, 6) is 0.0461. The zero-order chi connectivity index (χ0) is 13.7. The Labute approximate surface area is 113 Å². The second kappa shape index (κ2) is 6.68. The quantitative estimate of drug-likeness (QED) is 0.848. The van der Waals surface area contributed by atoms with E-state index in [0.717, 1.165) is 24.0 Å². The van der Waals surface area contributed by atoms with E-state index in [2.05, 4.69) is 5.32 Å². The Kier molecular flexibility index (Phi) is 4.93. The molecule has 2 N–H and O–H groups in total. The van der Waals surface area contributed by atoms with Gasteiger partial charge in [0.25, 0.3) is 0 Å². The lowest BCUT2D eigenvalue weighted by molar-refractivity contribution is -0.126. The zero-order valence-corrected chi connectivity index (χ0v) is 11.3. The van der Waals surface area contributed by atoms with Crippen molar-refractivity contribution in [1.29, 1.82) is 0 Å². The number of carbonyl (C=O) groups excluding carboxylic acids is 1. The highest BCUT2D eigenvalue weighted by Crippen LogP contribution is 2.23. The van der Waals surface area contributed by atoms with Gasteiger partial charge in [-0.3, -0.25) is 4.79 Å². The molecule has 1 aromatic rings. The van der Waals surface area contributed by atoms with E-state index in [1.165, 1.54) is 0 Å². The lowest BCUT2D eigenvalue weighted by atomic mass is 9.98. The summed E-state index contributed by atoms with van der Waals surface area (Å²) < 4.78 is 5.53. The molecule has 1 aromatic carbocycles. The largest absolute Gasteiger partial charge is 0.392 e. The van der Waals surface area contributed by atoms with Crippen LogP contribution in [0.5, 0.6) is 0 Å². The minimum Gasteiger partial charge on any atom is -0.392 e. The predicted octanol–water partition coefficient (Wildman–Crippen LogP) is 1.61. The van der Waals surface area contributed by atoms with Gasteiger partial charge in [0.05, 0.1) is 18.6 Å². The SMILES string of the molecule is CCC1OCCC1C(=O)NCc1cccc(CO)c1. The van der Waals surface area contributed by atoms with E-state index in [4.69, 9.17) is 9.84 Å². The third kappa shape index (κ3) is 3.55. The van der Waals surface area contributed by atoms with E-state index in [9.17, 15) is 4.79 Å². The topological polar surface area (TPSA) is 58.6 Å². The van der Waals surface area contributed by atoms with Crippen LogP contribution in [-0.4, -0.2) is 23.7 Å². The van der Waals surface area contributed by atoms with Crippen LogP contribution in [0.4, 0.5) is 0 Å². The molecule has 0 aliphatic carbocycles. The molecule has 104 valence electrons. The molecule has 0 aromatic heterocycles. The molecule has 4 nitrogen and oxygen atoms in total. The average Bonchev–Trinajstić information content (AvgIpc) is 2.93. The fourth-order valence-corrected chi connectivity index (χ4v) is 2.51. The molecule has 2 atom stereocenters. The van der Waals surface area contributed by atoms with Crippen molar-refractivity contribution in [3.8, 4) is 0 Å². The molecule has 2 unspecified atom stereocenters. The van der Waals surface area contributed by atoms with Crippen LogP contribution in [-0.2, 0) is 22.7 Å². The van der Waals surface area contributed by atoms with Gasteiger partial charge in [-0.25, -0.2) is 0 Å². The summed E-state index contributed by atoms with van der Waals surface area (Å²) in [5, 5.41) is 12.0. The number of benzene rings is 1. The molecule has 0 spiro atoms. The summed E-state index contributed by atoms with van der Waals surface area (Å²) in [6, 6.07) is 7.61. The molecule has 1 saturated heterocycles. The monoisotopic (exact) mass is 263 g/mol. The number of aliphatic hydroxyl groups excluding tert-OH is 1. The maximum absolute atomic E-state index is 12.1. The van der Waals surface area contributed by atoms with Crippen molar-refractivity contribution in [2.75, 3.05) is 6.61 Å². The second-order valence-electron chi connectivity index (χ2n) is 4.91. The molecule has 1 amide bonds. The first kappa shape index (κ1) is 14.0. The average molecular weight is 263 g/mol. The third-order valence-electron chi connectivity index (χ3n) is 3.59. The van der Waals surface area contributed by atoms with Gasteiger partial charge in [0, 0.05) is 13.2 Å². The highest BCUT2D eigenvalue weighted by Gasteiger charge is 2.32. The first-order chi connectivity index (χ1) is 9.24. The molecule has 0 saturated carbocycles. The molecule has 19 heavy (non-hydrogen) atoms. The molecule has 1 fully saturated rings. The van der Waals surface area contributed by atoms with Crippen molar-refractivity contribution in [3.63, 3.8) is 0 Å². The number of amides is 1. The molecular weight excluding hydrogens is 242 g/mol. The molecule has 0 bridgehead atoms. The van der Waals surface area contributed by atoms with E-state index in [1.807, 2.05) is 31.2 Å². The Balaban J connectivity index is 1.89. The number of ether oxygens (including phenoxy) is 1. The normalized spacial score (nSPS) is 22.4. The fourth-order valence-electron chi connectivity index (χ4n) is 2.51. The van der Waals surface area contributed by atoms with E-state index in [1.54, 1.807) is 0 Å². The lowest BCUT2D eigenvalue weighted by Crippen LogP contribution is -2.34. The lowest BCUT2D eigenvalue weighted by Gasteiger charge is -2.16. The maximum Gasteiger partial charge on any atom is 0.226 e. The van der Waals surface area contributed by atoms with Crippen LogP contribution in [0.15, 0.2) is 24.3 Å². The van der Waals surface area contributed by atoms with Crippen LogP contribution >= 0.6 is 0 Å². The van der Waals surface area contributed by atoms with Crippen LogP contribution < -0.4 is 5.32 Å². The Morgan fingerprint density at radius 1 is 1.47 bits per heavy atom. The van der Waals surface area contributed by atoms with Gasteiger partial charge in [-0.05, 0) is 24.0 Å². The highest BCUT2D eigenvalue weighted by atomic mass is 16.5. The van der Waals surface area contributed by atoms with Gasteiger partial charge in [0.2, 0.25) is 5.91 Å². The van der Waals surface area contributed by atoms with Crippen LogP contribution in [0.2, 0.25) is 0 Å². The molecule has 4 heteroatoms. The van der Waals surface area contributed by atoms with Crippen LogP contribution in [0.1, 0.15) is 30.9 Å². The minimum absolute atomic E-state index is 0.0222. The molecule has 2 rings (SSSR count). The maximum atomic E-state index is 12.1. The highest BCUT2D eigenvalue weighted by molar-refractivity contribution is 5.79. The van der Waals surface area contributed by atoms with Gasteiger partial charge in [-0.2, -0.15) is 0 Å². The molecule has 1 heterocycles. The van der Waals surface area contributed by atoms with Crippen molar-refractivity contribution in [2.24, 2.45) is 5.92 Å². The Morgan fingerprint density at radius 3 is 3.00 bits per heavy atom. The summed E-state index contributed by atoms with van der Waals surface area (Å²) in [7, 11) is 0. The number of hydrogen-bond acceptors (Lipinski definition) is 3. The van der Waals surface area contributed by atoms with Crippen molar-refractivity contribution >= 4 is 5.91 Å². The van der Waals surface area contributed by atoms with E-state index in [-0.39, 0.29) is 24.5 Å². The first-order valence-corrected chi connectivity index (χ1v) is 6.82. The van der Waals surface area contributed by atoms with Gasteiger partial charge in [-0.1, -0.05) is 31.2 Å². The van der Waals surface area contributed by atoms with Crippen molar-refractivity contribution < 1.29 is 14.6 Å².